The predicted molar refractivity (Wildman–Crippen MR) is 93.7 cm³/mol. The van der Waals surface area contributed by atoms with Gasteiger partial charge in [-0.25, -0.2) is 0 Å². The number of nitrogens with two attached hydrogens (primary N) is 1. The summed E-state index contributed by atoms with van der Waals surface area (Å²) in [6.45, 7) is 2.21. The highest BCUT2D eigenvalue weighted by atomic mass is 16.2. The van der Waals surface area contributed by atoms with Gasteiger partial charge < -0.3 is 15.5 Å². The molecule has 0 bridgehead atoms. The van der Waals surface area contributed by atoms with Gasteiger partial charge in [-0.15, -0.1) is 5.10 Å². The topological polar surface area (TPSA) is 75.3 Å². The van der Waals surface area contributed by atoms with Crippen LogP contribution in [0.5, 0.6) is 0 Å². The highest BCUT2D eigenvalue weighted by Gasteiger charge is 2.27. The number of anilines is 1. The molecule has 126 valence electrons. The molecule has 2 N–H and O–H groups in total. The van der Waals surface area contributed by atoms with Crippen molar-refractivity contribution in [2.45, 2.75) is 25.4 Å². The van der Waals surface area contributed by atoms with Crippen LogP contribution in [0.25, 0.3) is 0 Å². The van der Waals surface area contributed by atoms with E-state index in [-0.39, 0.29) is 11.9 Å². The van der Waals surface area contributed by atoms with Gasteiger partial charge in [0.1, 0.15) is 0 Å². The first kappa shape index (κ1) is 16.4. The lowest BCUT2D eigenvalue weighted by Crippen LogP contribution is -2.48. The molecule has 1 atom stereocenters. The van der Waals surface area contributed by atoms with Crippen molar-refractivity contribution in [3.8, 4) is 0 Å². The summed E-state index contributed by atoms with van der Waals surface area (Å²) in [6.07, 6.45) is 3.70. The first-order valence-corrected chi connectivity index (χ1v) is 8.28. The van der Waals surface area contributed by atoms with Gasteiger partial charge in [-0.2, -0.15) is 5.10 Å². The van der Waals surface area contributed by atoms with Crippen LogP contribution in [0.4, 0.5) is 5.82 Å². The fourth-order valence-electron chi connectivity index (χ4n) is 3.09. The van der Waals surface area contributed by atoms with E-state index in [2.05, 4.69) is 15.1 Å². The zero-order valence-electron chi connectivity index (χ0n) is 13.9. The molecule has 1 aliphatic rings. The van der Waals surface area contributed by atoms with E-state index in [1.807, 2.05) is 48.3 Å². The zero-order valence-corrected chi connectivity index (χ0v) is 13.9. The molecule has 1 fully saturated rings. The summed E-state index contributed by atoms with van der Waals surface area (Å²) in [5.74, 6) is 0.917. The first-order valence-electron chi connectivity index (χ1n) is 8.28. The van der Waals surface area contributed by atoms with Crippen molar-refractivity contribution in [1.82, 2.24) is 15.1 Å². The average molecular weight is 325 g/mol. The molecule has 0 radical (unpaired) electrons. The molecule has 3 rings (SSSR count). The Labute approximate surface area is 142 Å². The molecule has 0 aliphatic carbocycles. The number of benzene rings is 1. The van der Waals surface area contributed by atoms with Crippen LogP contribution in [0.15, 0.2) is 42.6 Å². The van der Waals surface area contributed by atoms with Crippen LogP contribution in [0.1, 0.15) is 28.8 Å². The van der Waals surface area contributed by atoms with E-state index >= 15 is 0 Å². The van der Waals surface area contributed by atoms with Crippen LogP contribution in [-0.4, -0.2) is 47.2 Å². The van der Waals surface area contributed by atoms with E-state index in [1.54, 1.807) is 6.20 Å². The van der Waals surface area contributed by atoms with Crippen molar-refractivity contribution >= 4 is 11.7 Å². The Bertz CT molecular complexity index is 674. The number of carbonyl (C=O) groups is 1. The van der Waals surface area contributed by atoms with Gasteiger partial charge in [0.25, 0.3) is 5.91 Å². The fourth-order valence-corrected chi connectivity index (χ4v) is 3.09. The lowest BCUT2D eigenvalue weighted by molar-refractivity contribution is 0.0717. The third-order valence-electron chi connectivity index (χ3n) is 4.58. The van der Waals surface area contributed by atoms with Crippen LogP contribution in [0.3, 0.4) is 0 Å². The van der Waals surface area contributed by atoms with Crippen molar-refractivity contribution in [2.24, 2.45) is 5.73 Å². The van der Waals surface area contributed by atoms with Crippen molar-refractivity contribution in [3.63, 3.8) is 0 Å². The average Bonchev–Trinajstić information content (AvgIpc) is 2.67. The van der Waals surface area contributed by atoms with Crippen molar-refractivity contribution in [3.05, 3.63) is 53.7 Å². The number of rotatable bonds is 4. The molecule has 0 saturated carbocycles. The number of piperidine rings is 1. The fraction of sp³-hybridized carbons (Fsp3) is 0.389. The van der Waals surface area contributed by atoms with Gasteiger partial charge in [0.05, 0.1) is 0 Å². The number of aromatic nitrogens is 2. The van der Waals surface area contributed by atoms with Crippen LogP contribution < -0.4 is 10.6 Å². The predicted octanol–water partition coefficient (Wildman–Crippen LogP) is 1.68. The molecule has 1 amide bonds. The van der Waals surface area contributed by atoms with E-state index in [4.69, 9.17) is 5.73 Å². The summed E-state index contributed by atoms with van der Waals surface area (Å²) in [4.78, 5) is 16.8. The standard InChI is InChI=1S/C18H23N5O/c1-22(18(24)15-8-6-14(12-19)7-9-15)16-4-3-11-23(13-16)17-5-2-10-20-21-17/h2,5-10,16H,3-4,11-13,19H2,1H3. The summed E-state index contributed by atoms with van der Waals surface area (Å²) in [5.41, 5.74) is 7.34. The maximum absolute atomic E-state index is 12.7. The SMILES string of the molecule is CN(C(=O)c1ccc(CN)cc1)C1CCCN(c2cccnn2)C1. The van der Waals surface area contributed by atoms with Crippen LogP contribution in [0.2, 0.25) is 0 Å². The summed E-state index contributed by atoms with van der Waals surface area (Å²) >= 11 is 0. The molecule has 0 spiro atoms. The number of nitrogens with zero attached hydrogens (tertiary/aromatic N) is 4. The second kappa shape index (κ2) is 7.40. The minimum absolute atomic E-state index is 0.0459. The highest BCUT2D eigenvalue weighted by molar-refractivity contribution is 5.94. The lowest BCUT2D eigenvalue weighted by atomic mass is 10.0. The number of hydrogen-bond acceptors (Lipinski definition) is 5. The van der Waals surface area contributed by atoms with Gasteiger partial charge in [-0.1, -0.05) is 12.1 Å². The second-order valence-electron chi connectivity index (χ2n) is 6.14. The van der Waals surface area contributed by atoms with Crippen molar-refractivity contribution < 1.29 is 4.79 Å². The number of amides is 1. The molecule has 1 unspecified atom stereocenters. The van der Waals surface area contributed by atoms with Crippen molar-refractivity contribution in [1.29, 1.82) is 0 Å². The van der Waals surface area contributed by atoms with Crippen LogP contribution in [-0.2, 0) is 6.54 Å². The Morgan fingerprint density at radius 1 is 1.33 bits per heavy atom. The third kappa shape index (κ3) is 3.54. The third-order valence-corrected chi connectivity index (χ3v) is 4.58. The second-order valence-corrected chi connectivity index (χ2v) is 6.14. The number of carbonyl (C=O) groups excluding carboxylic acids is 1. The molecule has 2 heterocycles. The molecular formula is C18H23N5O. The molecule has 24 heavy (non-hydrogen) atoms. The molecule has 1 saturated heterocycles. The van der Waals surface area contributed by atoms with Gasteiger partial charge in [0.2, 0.25) is 0 Å². The molecule has 6 heteroatoms. The Morgan fingerprint density at radius 3 is 2.79 bits per heavy atom. The molecule has 6 nitrogen and oxygen atoms in total. The molecule has 1 aromatic carbocycles. The maximum Gasteiger partial charge on any atom is 0.253 e. The lowest BCUT2D eigenvalue weighted by Gasteiger charge is -2.38. The first-order chi connectivity index (χ1) is 11.7. The van der Waals surface area contributed by atoms with E-state index in [9.17, 15) is 4.79 Å². The zero-order chi connectivity index (χ0) is 16.9. The number of hydrogen-bond donors (Lipinski definition) is 1. The van der Waals surface area contributed by atoms with Gasteiger partial charge in [0.15, 0.2) is 5.82 Å². The van der Waals surface area contributed by atoms with Gasteiger partial charge >= 0.3 is 0 Å². The maximum atomic E-state index is 12.7. The smallest absolute Gasteiger partial charge is 0.253 e. The Hall–Kier alpha value is -2.47. The van der Waals surface area contributed by atoms with Gasteiger partial charge in [-0.3, -0.25) is 4.79 Å². The van der Waals surface area contributed by atoms with Gasteiger partial charge in [0, 0.05) is 44.5 Å². The summed E-state index contributed by atoms with van der Waals surface area (Å²) in [5, 5.41) is 8.13. The van der Waals surface area contributed by atoms with E-state index in [0.29, 0.717) is 12.1 Å². The molecule has 1 aromatic heterocycles. The summed E-state index contributed by atoms with van der Waals surface area (Å²) in [6, 6.07) is 11.5. The highest BCUT2D eigenvalue weighted by Crippen LogP contribution is 2.21. The normalized spacial score (nSPS) is 17.6. The van der Waals surface area contributed by atoms with Crippen LogP contribution >= 0.6 is 0 Å². The molecular weight excluding hydrogens is 302 g/mol. The van der Waals surface area contributed by atoms with Crippen LogP contribution in [0, 0.1) is 0 Å². The molecule has 2 aromatic rings. The Balaban J connectivity index is 1.69. The number of likely N-dealkylation sites (N-methyl/N-ethyl adjacent to an activating group) is 1. The summed E-state index contributed by atoms with van der Waals surface area (Å²) in [7, 11) is 1.88. The minimum Gasteiger partial charge on any atom is -0.353 e. The van der Waals surface area contributed by atoms with Gasteiger partial charge in [-0.05, 0) is 42.7 Å². The minimum atomic E-state index is 0.0459. The Kier molecular flexibility index (Phi) is 5.05. The Morgan fingerprint density at radius 2 is 2.12 bits per heavy atom. The quantitative estimate of drug-likeness (QED) is 0.925. The van der Waals surface area contributed by atoms with E-state index < -0.39 is 0 Å². The van der Waals surface area contributed by atoms with E-state index in [1.165, 1.54) is 0 Å². The van der Waals surface area contributed by atoms with Crippen molar-refractivity contribution in [2.75, 3.05) is 25.0 Å². The van der Waals surface area contributed by atoms with E-state index in [0.717, 1.165) is 37.3 Å². The monoisotopic (exact) mass is 325 g/mol. The molecule has 1 aliphatic heterocycles. The largest absolute Gasteiger partial charge is 0.353 e. The summed E-state index contributed by atoms with van der Waals surface area (Å²) < 4.78 is 0.